The monoisotopic (exact) mass is 393 g/mol. The highest BCUT2D eigenvalue weighted by molar-refractivity contribution is 5.96. The van der Waals surface area contributed by atoms with Gasteiger partial charge in [0.05, 0.1) is 6.54 Å². The summed E-state index contributed by atoms with van der Waals surface area (Å²) in [4.78, 5) is 32.6. The lowest BCUT2D eigenvalue weighted by Gasteiger charge is -2.35. The molecule has 0 spiro atoms. The quantitative estimate of drug-likeness (QED) is 0.680. The summed E-state index contributed by atoms with van der Waals surface area (Å²) in [6, 6.07) is 13.1. The fourth-order valence-electron chi connectivity index (χ4n) is 3.35. The normalized spacial score (nSPS) is 14.1. The van der Waals surface area contributed by atoms with Gasteiger partial charge in [-0.25, -0.2) is 14.1 Å². The minimum Gasteiger partial charge on any atom is -0.335 e. The van der Waals surface area contributed by atoms with Gasteiger partial charge in [-0.05, 0) is 35.9 Å². The van der Waals surface area contributed by atoms with Crippen molar-refractivity contribution in [3.05, 3.63) is 83.7 Å². The van der Waals surface area contributed by atoms with Crippen molar-refractivity contribution in [3.63, 3.8) is 0 Å². The van der Waals surface area contributed by atoms with Crippen LogP contribution in [0.15, 0.2) is 61.2 Å². The first-order chi connectivity index (χ1) is 14.1. The average molecular weight is 393 g/mol. The molecule has 1 aliphatic rings. The van der Waals surface area contributed by atoms with Crippen molar-refractivity contribution < 1.29 is 14.0 Å². The minimum atomic E-state index is -0.433. The molecule has 1 fully saturated rings. The summed E-state index contributed by atoms with van der Waals surface area (Å²) in [6.45, 7) is 2.33. The van der Waals surface area contributed by atoms with Gasteiger partial charge in [0.1, 0.15) is 18.5 Å². The number of rotatable bonds is 4. The standard InChI is InChI=1S/C21H20FN5O2/c22-19-3-1-2-18(12-19)21(29)26-10-8-25(9-11-26)20(28)17-6-4-16(5-7-17)13-27-15-23-14-24-27/h1-7,12,14-15H,8-11,13H2. The van der Waals surface area contributed by atoms with Crippen molar-refractivity contribution in [3.8, 4) is 0 Å². The maximum atomic E-state index is 13.4. The van der Waals surface area contributed by atoms with E-state index in [4.69, 9.17) is 0 Å². The molecule has 1 aromatic heterocycles. The number of nitrogens with zero attached hydrogens (tertiary/aromatic N) is 5. The van der Waals surface area contributed by atoms with E-state index in [0.717, 1.165) is 5.56 Å². The largest absolute Gasteiger partial charge is 0.335 e. The number of benzene rings is 2. The van der Waals surface area contributed by atoms with Gasteiger partial charge in [-0.3, -0.25) is 9.59 Å². The zero-order chi connectivity index (χ0) is 20.2. The van der Waals surface area contributed by atoms with Crippen LogP contribution in [0.3, 0.4) is 0 Å². The van der Waals surface area contributed by atoms with Crippen LogP contribution < -0.4 is 0 Å². The SMILES string of the molecule is O=C(c1ccc(Cn2cncn2)cc1)N1CCN(C(=O)c2cccc(F)c2)CC1. The predicted octanol–water partition coefficient (Wildman–Crippen LogP) is 2.06. The van der Waals surface area contributed by atoms with Crippen LogP contribution >= 0.6 is 0 Å². The number of carbonyl (C=O) groups is 2. The third-order valence-corrected chi connectivity index (χ3v) is 4.94. The van der Waals surface area contributed by atoms with Gasteiger partial charge in [0.25, 0.3) is 11.8 Å². The number of halogens is 1. The number of hydrogen-bond donors (Lipinski definition) is 0. The van der Waals surface area contributed by atoms with E-state index >= 15 is 0 Å². The number of amides is 2. The van der Waals surface area contributed by atoms with Gasteiger partial charge >= 0.3 is 0 Å². The number of piperazine rings is 1. The van der Waals surface area contributed by atoms with Crippen molar-refractivity contribution in [1.82, 2.24) is 24.6 Å². The van der Waals surface area contributed by atoms with Crippen molar-refractivity contribution in [2.75, 3.05) is 26.2 Å². The van der Waals surface area contributed by atoms with Crippen LogP contribution in [0.25, 0.3) is 0 Å². The number of carbonyl (C=O) groups excluding carboxylic acids is 2. The second kappa shape index (κ2) is 8.22. The Morgan fingerprint density at radius 2 is 1.55 bits per heavy atom. The molecule has 8 heteroatoms. The third-order valence-electron chi connectivity index (χ3n) is 4.94. The van der Waals surface area contributed by atoms with E-state index in [2.05, 4.69) is 10.1 Å². The molecule has 148 valence electrons. The van der Waals surface area contributed by atoms with Gasteiger partial charge in [-0.1, -0.05) is 18.2 Å². The van der Waals surface area contributed by atoms with Gasteiger partial charge in [0.15, 0.2) is 0 Å². The molecule has 4 rings (SSSR count). The molecule has 7 nitrogen and oxygen atoms in total. The lowest BCUT2D eigenvalue weighted by molar-refractivity contribution is 0.0535. The Labute approximate surface area is 167 Å². The highest BCUT2D eigenvalue weighted by Crippen LogP contribution is 2.14. The van der Waals surface area contributed by atoms with E-state index in [1.807, 2.05) is 12.1 Å². The van der Waals surface area contributed by atoms with E-state index < -0.39 is 5.82 Å². The molecule has 0 saturated carbocycles. The maximum absolute atomic E-state index is 13.4. The molecule has 0 bridgehead atoms. The Balaban J connectivity index is 1.34. The topological polar surface area (TPSA) is 71.3 Å². The van der Waals surface area contributed by atoms with Gasteiger partial charge in [-0.15, -0.1) is 0 Å². The van der Waals surface area contributed by atoms with E-state index in [1.165, 1.54) is 24.5 Å². The van der Waals surface area contributed by atoms with Crippen LogP contribution in [-0.4, -0.2) is 62.6 Å². The average Bonchev–Trinajstić information content (AvgIpc) is 3.26. The molecule has 0 radical (unpaired) electrons. The van der Waals surface area contributed by atoms with Gasteiger partial charge in [0.2, 0.25) is 0 Å². The number of hydrogen-bond acceptors (Lipinski definition) is 4. The van der Waals surface area contributed by atoms with E-state index in [-0.39, 0.29) is 11.8 Å². The lowest BCUT2D eigenvalue weighted by Crippen LogP contribution is -2.50. The van der Waals surface area contributed by atoms with Crippen molar-refractivity contribution >= 4 is 11.8 Å². The molecular formula is C21H20FN5O2. The zero-order valence-corrected chi connectivity index (χ0v) is 15.7. The zero-order valence-electron chi connectivity index (χ0n) is 15.7. The summed E-state index contributed by atoms with van der Waals surface area (Å²) in [5, 5.41) is 4.07. The molecular weight excluding hydrogens is 373 g/mol. The first kappa shape index (κ1) is 18.8. The summed E-state index contributed by atoms with van der Waals surface area (Å²) >= 11 is 0. The Kier molecular flexibility index (Phi) is 5.33. The minimum absolute atomic E-state index is 0.0600. The van der Waals surface area contributed by atoms with E-state index in [9.17, 15) is 14.0 Å². The van der Waals surface area contributed by atoms with Gasteiger partial charge in [0, 0.05) is 37.3 Å². The number of aromatic nitrogens is 3. The molecule has 2 heterocycles. The Bertz CT molecular complexity index is 996. The smallest absolute Gasteiger partial charge is 0.254 e. The molecule has 0 N–H and O–H groups in total. The van der Waals surface area contributed by atoms with Crippen LogP contribution in [0.1, 0.15) is 26.3 Å². The molecule has 0 atom stereocenters. The molecule has 1 saturated heterocycles. The molecule has 29 heavy (non-hydrogen) atoms. The van der Waals surface area contributed by atoms with Crippen LogP contribution in [0.5, 0.6) is 0 Å². The summed E-state index contributed by atoms with van der Waals surface area (Å²) in [5.74, 6) is -0.707. The second-order valence-electron chi connectivity index (χ2n) is 6.88. The Hall–Kier alpha value is -3.55. The van der Waals surface area contributed by atoms with Gasteiger partial charge in [-0.2, -0.15) is 5.10 Å². The highest BCUT2D eigenvalue weighted by atomic mass is 19.1. The van der Waals surface area contributed by atoms with Crippen LogP contribution in [0.4, 0.5) is 4.39 Å². The van der Waals surface area contributed by atoms with Crippen molar-refractivity contribution in [2.45, 2.75) is 6.54 Å². The first-order valence-electron chi connectivity index (χ1n) is 9.35. The Morgan fingerprint density at radius 3 is 2.14 bits per heavy atom. The highest BCUT2D eigenvalue weighted by Gasteiger charge is 2.25. The molecule has 0 unspecified atom stereocenters. The van der Waals surface area contributed by atoms with Crippen LogP contribution in [0, 0.1) is 5.82 Å². The fourth-order valence-corrected chi connectivity index (χ4v) is 3.35. The van der Waals surface area contributed by atoms with Crippen LogP contribution in [-0.2, 0) is 6.54 Å². The third kappa shape index (κ3) is 4.31. The molecule has 1 aliphatic heterocycles. The van der Waals surface area contributed by atoms with E-state index in [1.54, 1.807) is 39.0 Å². The summed E-state index contributed by atoms with van der Waals surface area (Å²) in [5.41, 5.74) is 1.96. The summed E-state index contributed by atoms with van der Waals surface area (Å²) in [6.07, 6.45) is 3.13. The summed E-state index contributed by atoms with van der Waals surface area (Å²) < 4.78 is 15.1. The lowest BCUT2D eigenvalue weighted by atomic mass is 10.1. The molecule has 0 aliphatic carbocycles. The van der Waals surface area contributed by atoms with Gasteiger partial charge < -0.3 is 9.80 Å². The fraction of sp³-hybridized carbons (Fsp3) is 0.238. The van der Waals surface area contributed by atoms with E-state index in [0.29, 0.717) is 43.9 Å². The van der Waals surface area contributed by atoms with Crippen molar-refractivity contribution in [1.29, 1.82) is 0 Å². The van der Waals surface area contributed by atoms with Crippen LogP contribution in [0.2, 0.25) is 0 Å². The predicted molar refractivity (Wildman–Crippen MR) is 104 cm³/mol. The second-order valence-corrected chi connectivity index (χ2v) is 6.88. The Morgan fingerprint density at radius 1 is 0.897 bits per heavy atom. The molecule has 2 aromatic carbocycles. The van der Waals surface area contributed by atoms with Crippen molar-refractivity contribution in [2.24, 2.45) is 0 Å². The molecule has 2 amide bonds. The maximum Gasteiger partial charge on any atom is 0.254 e. The first-order valence-corrected chi connectivity index (χ1v) is 9.35. The molecule has 3 aromatic rings. The summed E-state index contributed by atoms with van der Waals surface area (Å²) in [7, 11) is 0.